The van der Waals surface area contributed by atoms with E-state index in [1.54, 1.807) is 0 Å². The van der Waals surface area contributed by atoms with E-state index in [1.807, 2.05) is 0 Å². The standard InChI is InChI=1S/C26H27I2N/c1-25(2,3)16-7-9-23-21(11-16)22-12-17(26(4,5)6)8-10-24(22)29(23)20-14-18(27)13-19(28)15-20/h7-15H,1-6H3. The minimum absolute atomic E-state index is 0.127. The zero-order valence-electron chi connectivity index (χ0n) is 17.9. The van der Waals surface area contributed by atoms with Gasteiger partial charge in [0.05, 0.1) is 11.0 Å². The zero-order valence-corrected chi connectivity index (χ0v) is 22.2. The van der Waals surface area contributed by atoms with Crippen LogP contribution in [0.25, 0.3) is 27.5 Å². The van der Waals surface area contributed by atoms with Crippen molar-refractivity contribution in [2.45, 2.75) is 52.4 Å². The van der Waals surface area contributed by atoms with Gasteiger partial charge in [0, 0.05) is 23.6 Å². The normalized spacial score (nSPS) is 12.8. The molecule has 150 valence electrons. The van der Waals surface area contributed by atoms with E-state index < -0.39 is 0 Å². The van der Waals surface area contributed by atoms with E-state index >= 15 is 0 Å². The third-order valence-corrected chi connectivity index (χ3v) is 6.85. The average Bonchev–Trinajstić information content (AvgIpc) is 2.92. The summed E-state index contributed by atoms with van der Waals surface area (Å²) in [6.45, 7) is 13.7. The maximum absolute atomic E-state index is 2.42. The number of hydrogen-bond donors (Lipinski definition) is 0. The molecule has 1 heterocycles. The Kier molecular flexibility index (Phi) is 5.30. The van der Waals surface area contributed by atoms with Crippen LogP contribution in [-0.2, 0) is 10.8 Å². The van der Waals surface area contributed by atoms with E-state index in [4.69, 9.17) is 0 Å². The Hall–Kier alpha value is -1.08. The first-order valence-electron chi connectivity index (χ1n) is 10.0. The van der Waals surface area contributed by atoms with E-state index in [9.17, 15) is 0 Å². The summed E-state index contributed by atoms with van der Waals surface area (Å²) in [6, 6.07) is 20.8. The van der Waals surface area contributed by atoms with Crippen LogP contribution < -0.4 is 0 Å². The molecule has 0 saturated heterocycles. The first-order chi connectivity index (χ1) is 13.4. The lowest BCUT2D eigenvalue weighted by atomic mass is 9.85. The van der Waals surface area contributed by atoms with Crippen molar-refractivity contribution in [1.82, 2.24) is 4.57 Å². The summed E-state index contributed by atoms with van der Waals surface area (Å²) in [7, 11) is 0. The van der Waals surface area contributed by atoms with E-state index in [0.717, 1.165) is 0 Å². The molecule has 0 N–H and O–H groups in total. The van der Waals surface area contributed by atoms with Crippen LogP contribution in [0.5, 0.6) is 0 Å². The van der Waals surface area contributed by atoms with Crippen LogP contribution in [0.4, 0.5) is 0 Å². The summed E-state index contributed by atoms with van der Waals surface area (Å²) in [5.74, 6) is 0. The highest BCUT2D eigenvalue weighted by Gasteiger charge is 2.20. The molecular formula is C26H27I2N. The second-order valence-corrected chi connectivity index (χ2v) is 12.4. The molecular weight excluding hydrogens is 580 g/mol. The molecule has 3 aromatic carbocycles. The largest absolute Gasteiger partial charge is 0.309 e. The topological polar surface area (TPSA) is 4.93 Å². The lowest BCUT2D eigenvalue weighted by Gasteiger charge is -2.19. The number of fused-ring (bicyclic) bond motifs is 3. The third-order valence-electron chi connectivity index (χ3n) is 5.60. The Morgan fingerprint density at radius 3 is 1.38 bits per heavy atom. The van der Waals surface area contributed by atoms with Crippen molar-refractivity contribution in [2.75, 3.05) is 0 Å². The lowest BCUT2D eigenvalue weighted by Crippen LogP contribution is -2.10. The fourth-order valence-corrected chi connectivity index (χ4v) is 5.81. The highest BCUT2D eigenvalue weighted by molar-refractivity contribution is 14.1. The second kappa shape index (κ2) is 7.26. The van der Waals surface area contributed by atoms with Gasteiger partial charge in [0.25, 0.3) is 0 Å². The first-order valence-corrected chi connectivity index (χ1v) is 12.2. The highest BCUT2D eigenvalue weighted by atomic mass is 127. The fourth-order valence-electron chi connectivity index (χ4n) is 3.90. The predicted octanol–water partition coefficient (Wildman–Crippen LogP) is 8.59. The average molecular weight is 607 g/mol. The molecule has 0 spiro atoms. The molecule has 0 aliphatic heterocycles. The number of benzene rings is 3. The Labute approximate surface area is 201 Å². The minimum atomic E-state index is 0.127. The highest BCUT2D eigenvalue weighted by Crippen LogP contribution is 2.37. The molecule has 1 aromatic heterocycles. The van der Waals surface area contributed by atoms with Gasteiger partial charge in [0.2, 0.25) is 0 Å². The molecule has 4 aromatic rings. The summed E-state index contributed by atoms with van der Waals surface area (Å²) in [5.41, 5.74) is 6.79. The molecule has 0 aliphatic rings. The summed E-state index contributed by atoms with van der Waals surface area (Å²) >= 11 is 4.83. The van der Waals surface area contributed by atoms with Crippen molar-refractivity contribution < 1.29 is 0 Å². The van der Waals surface area contributed by atoms with Crippen LogP contribution in [0.15, 0.2) is 54.6 Å². The van der Waals surface area contributed by atoms with Crippen molar-refractivity contribution in [2.24, 2.45) is 0 Å². The van der Waals surface area contributed by atoms with Crippen LogP contribution in [0.2, 0.25) is 0 Å². The molecule has 0 aliphatic carbocycles. The van der Waals surface area contributed by atoms with Gasteiger partial charge in [-0.3, -0.25) is 0 Å². The van der Waals surface area contributed by atoms with E-state index in [1.165, 1.54) is 45.8 Å². The van der Waals surface area contributed by atoms with Crippen LogP contribution in [0.3, 0.4) is 0 Å². The molecule has 29 heavy (non-hydrogen) atoms. The summed E-state index contributed by atoms with van der Waals surface area (Å²) in [6.07, 6.45) is 0. The van der Waals surface area contributed by atoms with Gasteiger partial charge in [0.1, 0.15) is 0 Å². The van der Waals surface area contributed by atoms with Gasteiger partial charge in [-0.05, 0) is 110 Å². The summed E-state index contributed by atoms with van der Waals surface area (Å²) in [4.78, 5) is 0. The van der Waals surface area contributed by atoms with Gasteiger partial charge in [0.15, 0.2) is 0 Å². The number of hydrogen-bond acceptors (Lipinski definition) is 0. The van der Waals surface area contributed by atoms with Gasteiger partial charge in [-0.25, -0.2) is 0 Å². The van der Waals surface area contributed by atoms with Crippen LogP contribution in [-0.4, -0.2) is 4.57 Å². The molecule has 0 fully saturated rings. The molecule has 0 atom stereocenters. The predicted molar refractivity (Wildman–Crippen MR) is 144 cm³/mol. The Morgan fingerprint density at radius 2 is 1.00 bits per heavy atom. The van der Waals surface area contributed by atoms with Gasteiger partial charge in [-0.15, -0.1) is 0 Å². The lowest BCUT2D eigenvalue weighted by molar-refractivity contribution is 0.590. The zero-order chi connectivity index (χ0) is 21.1. The van der Waals surface area contributed by atoms with Crippen molar-refractivity contribution in [1.29, 1.82) is 0 Å². The van der Waals surface area contributed by atoms with Crippen molar-refractivity contribution in [3.63, 3.8) is 0 Å². The quantitative estimate of drug-likeness (QED) is 0.191. The van der Waals surface area contributed by atoms with Crippen LogP contribution >= 0.6 is 45.2 Å². The van der Waals surface area contributed by atoms with E-state index in [2.05, 4.69) is 146 Å². The summed E-state index contributed by atoms with van der Waals surface area (Å²) in [5, 5.41) is 2.68. The summed E-state index contributed by atoms with van der Waals surface area (Å²) < 4.78 is 4.95. The molecule has 1 nitrogen and oxygen atoms in total. The molecule has 0 saturated carbocycles. The number of halogens is 2. The van der Waals surface area contributed by atoms with E-state index in [0.29, 0.717) is 0 Å². The number of aromatic nitrogens is 1. The Morgan fingerprint density at radius 1 is 0.586 bits per heavy atom. The minimum Gasteiger partial charge on any atom is -0.309 e. The van der Waals surface area contributed by atoms with E-state index in [-0.39, 0.29) is 10.8 Å². The monoisotopic (exact) mass is 607 g/mol. The Balaban J connectivity index is 2.14. The smallest absolute Gasteiger partial charge is 0.0541 e. The maximum atomic E-state index is 2.42. The number of rotatable bonds is 1. The van der Waals surface area contributed by atoms with Gasteiger partial charge in [-0.2, -0.15) is 0 Å². The second-order valence-electron chi connectivity index (χ2n) is 9.93. The van der Waals surface area contributed by atoms with Gasteiger partial charge < -0.3 is 4.57 Å². The Bertz CT molecular complexity index is 1140. The molecule has 0 amide bonds. The van der Waals surface area contributed by atoms with Gasteiger partial charge >= 0.3 is 0 Å². The molecule has 3 heteroatoms. The third kappa shape index (κ3) is 3.97. The van der Waals surface area contributed by atoms with Crippen molar-refractivity contribution >= 4 is 67.0 Å². The van der Waals surface area contributed by atoms with Crippen LogP contribution in [0, 0.1) is 7.14 Å². The van der Waals surface area contributed by atoms with Crippen molar-refractivity contribution in [3.05, 3.63) is 72.9 Å². The fraction of sp³-hybridized carbons (Fsp3) is 0.308. The number of nitrogens with zero attached hydrogens (tertiary/aromatic N) is 1. The maximum Gasteiger partial charge on any atom is 0.0541 e. The molecule has 0 radical (unpaired) electrons. The SMILES string of the molecule is CC(C)(C)c1ccc2c(c1)c1cc(C(C)(C)C)ccc1n2-c1cc(I)cc(I)c1. The molecule has 0 unspecified atom stereocenters. The molecule has 0 bridgehead atoms. The van der Waals surface area contributed by atoms with Crippen molar-refractivity contribution in [3.8, 4) is 5.69 Å². The van der Waals surface area contributed by atoms with Gasteiger partial charge in [-0.1, -0.05) is 53.7 Å². The molecule has 4 rings (SSSR count). The van der Waals surface area contributed by atoms with Crippen LogP contribution in [0.1, 0.15) is 52.7 Å². The first kappa shape index (κ1) is 21.2.